The minimum atomic E-state index is -0.273. The molecule has 0 spiro atoms. The summed E-state index contributed by atoms with van der Waals surface area (Å²) in [5.41, 5.74) is 3.44. The number of ketones is 1. The van der Waals surface area contributed by atoms with E-state index in [1.54, 1.807) is 6.08 Å². The molecule has 0 N–H and O–H groups in total. The smallest absolute Gasteiger partial charge is 0.162 e. The van der Waals surface area contributed by atoms with Crippen molar-refractivity contribution in [2.45, 2.75) is 58.1 Å². The van der Waals surface area contributed by atoms with Crippen molar-refractivity contribution in [3.8, 4) is 0 Å². The van der Waals surface area contributed by atoms with Gasteiger partial charge in [-0.3, -0.25) is 4.79 Å². The van der Waals surface area contributed by atoms with Gasteiger partial charge in [-0.1, -0.05) is 104 Å². The molecule has 4 nitrogen and oxygen atoms in total. The summed E-state index contributed by atoms with van der Waals surface area (Å²) in [5, 5.41) is 0. The summed E-state index contributed by atoms with van der Waals surface area (Å²) in [6.45, 7) is 5.73. The van der Waals surface area contributed by atoms with Gasteiger partial charge < -0.3 is 14.4 Å². The maximum absolute atomic E-state index is 13.2. The number of allylic oxidation sites excluding steroid dienone is 1. The van der Waals surface area contributed by atoms with Crippen LogP contribution in [0.25, 0.3) is 0 Å². The highest BCUT2D eigenvalue weighted by Gasteiger charge is 2.41. The lowest BCUT2D eigenvalue weighted by Gasteiger charge is -2.45. The number of carbonyl (C=O) groups is 1. The molecule has 0 aliphatic carbocycles. The van der Waals surface area contributed by atoms with Gasteiger partial charge in [-0.15, -0.1) is 0 Å². The first-order chi connectivity index (χ1) is 17.7. The Balaban J connectivity index is 1.61. The normalized spacial score (nSPS) is 19.3. The highest BCUT2D eigenvalue weighted by Crippen LogP contribution is 2.34. The van der Waals surface area contributed by atoms with Crippen molar-refractivity contribution in [1.29, 1.82) is 0 Å². The van der Waals surface area contributed by atoms with Gasteiger partial charge in [0.2, 0.25) is 0 Å². The van der Waals surface area contributed by atoms with Gasteiger partial charge in [-0.05, 0) is 36.1 Å². The average Bonchev–Trinajstić information content (AvgIpc) is 2.93. The molecule has 4 atom stereocenters. The first-order valence-electron chi connectivity index (χ1n) is 13.0. The minimum absolute atomic E-state index is 0.0943. The number of carbonyl (C=O) groups excluding carboxylic acids is 1. The van der Waals surface area contributed by atoms with Crippen molar-refractivity contribution in [2.24, 2.45) is 5.92 Å². The molecule has 3 aromatic rings. The van der Waals surface area contributed by atoms with E-state index in [1.165, 1.54) is 5.56 Å². The molecule has 1 heterocycles. The Morgan fingerprint density at radius 2 is 1.42 bits per heavy atom. The van der Waals surface area contributed by atoms with Crippen LogP contribution in [-0.2, 0) is 27.5 Å². The predicted molar refractivity (Wildman–Crippen MR) is 144 cm³/mol. The zero-order valence-corrected chi connectivity index (χ0v) is 21.3. The van der Waals surface area contributed by atoms with Gasteiger partial charge in [0.15, 0.2) is 5.78 Å². The SMILES string of the molecule is CCC[C@@H]1C(=O)C=CN([C@@H](C)c2ccccc2)[C@H]1[C@@H](COCc1ccccc1)OCc1ccccc1. The summed E-state index contributed by atoms with van der Waals surface area (Å²) in [5.74, 6) is 0.0296. The van der Waals surface area contributed by atoms with Gasteiger partial charge in [-0.2, -0.15) is 0 Å². The van der Waals surface area contributed by atoms with Crippen LogP contribution in [0.1, 0.15) is 49.4 Å². The third-order valence-electron chi connectivity index (χ3n) is 6.94. The highest BCUT2D eigenvalue weighted by molar-refractivity contribution is 5.93. The van der Waals surface area contributed by atoms with E-state index < -0.39 is 0 Å². The van der Waals surface area contributed by atoms with Crippen molar-refractivity contribution in [2.75, 3.05) is 6.61 Å². The molecular weight excluding hydrogens is 446 g/mol. The molecule has 36 heavy (non-hydrogen) atoms. The average molecular weight is 484 g/mol. The molecule has 0 radical (unpaired) electrons. The van der Waals surface area contributed by atoms with Gasteiger partial charge in [0.1, 0.15) is 6.10 Å². The van der Waals surface area contributed by atoms with Crippen molar-refractivity contribution in [3.63, 3.8) is 0 Å². The molecule has 0 saturated carbocycles. The van der Waals surface area contributed by atoms with E-state index in [4.69, 9.17) is 9.47 Å². The number of nitrogens with zero attached hydrogens (tertiary/aromatic N) is 1. The lowest BCUT2D eigenvalue weighted by Crippen LogP contribution is -2.53. The fraction of sp³-hybridized carbons (Fsp3) is 0.344. The second-order valence-corrected chi connectivity index (χ2v) is 9.47. The number of rotatable bonds is 12. The molecule has 0 saturated heterocycles. The second kappa shape index (κ2) is 13.2. The van der Waals surface area contributed by atoms with Crippen LogP contribution in [0.15, 0.2) is 103 Å². The van der Waals surface area contributed by atoms with Crippen molar-refractivity contribution in [3.05, 3.63) is 120 Å². The van der Waals surface area contributed by atoms with E-state index >= 15 is 0 Å². The first-order valence-corrected chi connectivity index (χ1v) is 13.0. The van der Waals surface area contributed by atoms with E-state index in [-0.39, 0.29) is 29.9 Å². The Labute approximate surface area is 215 Å². The van der Waals surface area contributed by atoms with Crippen molar-refractivity contribution < 1.29 is 14.3 Å². The molecule has 1 aliphatic rings. The van der Waals surface area contributed by atoms with E-state index in [2.05, 4.69) is 67.3 Å². The van der Waals surface area contributed by atoms with Crippen LogP contribution in [0.4, 0.5) is 0 Å². The lowest BCUT2D eigenvalue weighted by atomic mass is 9.82. The Kier molecular flexibility index (Phi) is 9.48. The Bertz CT molecular complexity index is 1080. The monoisotopic (exact) mass is 483 g/mol. The first kappa shape index (κ1) is 25.9. The number of ether oxygens (including phenoxy) is 2. The number of benzene rings is 3. The topological polar surface area (TPSA) is 38.8 Å². The van der Waals surface area contributed by atoms with Crippen LogP contribution in [0, 0.1) is 5.92 Å². The van der Waals surface area contributed by atoms with Crippen LogP contribution in [0.3, 0.4) is 0 Å². The second-order valence-electron chi connectivity index (χ2n) is 9.47. The molecule has 0 fully saturated rings. The molecular formula is C32H37NO3. The standard InChI is InChI=1S/C32H37NO3/c1-3-13-29-30(34)20-21-33(25(2)28-18-11-6-12-19-28)32(29)31(36-23-27-16-9-5-10-17-27)24-35-22-26-14-7-4-8-15-26/h4-12,14-21,25,29,31-32H,3,13,22-24H2,1-2H3/t25-,29+,31+,32+/m0/s1. The summed E-state index contributed by atoms with van der Waals surface area (Å²) in [4.78, 5) is 15.5. The molecule has 3 aromatic carbocycles. The summed E-state index contributed by atoms with van der Waals surface area (Å²) in [6.07, 6.45) is 5.19. The van der Waals surface area contributed by atoms with Crippen molar-refractivity contribution >= 4 is 5.78 Å². The Hall–Kier alpha value is -3.21. The van der Waals surface area contributed by atoms with Gasteiger partial charge in [0.25, 0.3) is 0 Å². The van der Waals surface area contributed by atoms with Crippen LogP contribution in [0.2, 0.25) is 0 Å². The third kappa shape index (κ3) is 6.71. The fourth-order valence-corrected chi connectivity index (χ4v) is 5.01. The van der Waals surface area contributed by atoms with Gasteiger partial charge in [0.05, 0.1) is 31.9 Å². The minimum Gasteiger partial charge on any atom is -0.374 e. The largest absolute Gasteiger partial charge is 0.374 e. The molecule has 188 valence electrons. The summed E-state index contributed by atoms with van der Waals surface area (Å²) in [6, 6.07) is 30.8. The van der Waals surface area contributed by atoms with E-state index in [0.29, 0.717) is 19.8 Å². The lowest BCUT2D eigenvalue weighted by molar-refractivity contribution is -0.130. The molecule has 0 unspecified atom stereocenters. The third-order valence-corrected chi connectivity index (χ3v) is 6.94. The molecule has 4 rings (SSSR count). The molecule has 0 aromatic heterocycles. The zero-order chi connectivity index (χ0) is 25.2. The van der Waals surface area contributed by atoms with Crippen LogP contribution in [-0.4, -0.2) is 29.4 Å². The van der Waals surface area contributed by atoms with Crippen molar-refractivity contribution in [1.82, 2.24) is 4.90 Å². The summed E-state index contributed by atoms with van der Waals surface area (Å²) in [7, 11) is 0. The van der Waals surface area contributed by atoms with Crippen LogP contribution < -0.4 is 0 Å². The van der Waals surface area contributed by atoms with Gasteiger partial charge in [0, 0.05) is 12.1 Å². The maximum atomic E-state index is 13.2. The van der Waals surface area contributed by atoms with Gasteiger partial charge in [-0.25, -0.2) is 0 Å². The quantitative estimate of drug-likeness (QED) is 0.286. The molecule has 0 bridgehead atoms. The fourth-order valence-electron chi connectivity index (χ4n) is 5.01. The number of hydrogen-bond donors (Lipinski definition) is 0. The maximum Gasteiger partial charge on any atom is 0.162 e. The molecule has 4 heteroatoms. The predicted octanol–water partition coefficient (Wildman–Crippen LogP) is 6.73. The summed E-state index contributed by atoms with van der Waals surface area (Å²) >= 11 is 0. The number of hydrogen-bond acceptors (Lipinski definition) is 4. The van der Waals surface area contributed by atoms with Gasteiger partial charge >= 0.3 is 0 Å². The molecule has 1 aliphatic heterocycles. The highest BCUT2D eigenvalue weighted by atomic mass is 16.5. The summed E-state index contributed by atoms with van der Waals surface area (Å²) < 4.78 is 12.8. The Morgan fingerprint density at radius 1 is 0.833 bits per heavy atom. The van der Waals surface area contributed by atoms with E-state index in [9.17, 15) is 4.79 Å². The van der Waals surface area contributed by atoms with Crippen LogP contribution in [0.5, 0.6) is 0 Å². The van der Waals surface area contributed by atoms with Crippen LogP contribution >= 0.6 is 0 Å². The molecule has 0 amide bonds. The zero-order valence-electron chi connectivity index (χ0n) is 21.3. The van der Waals surface area contributed by atoms with E-state index in [0.717, 1.165) is 24.0 Å². The Morgan fingerprint density at radius 3 is 2.03 bits per heavy atom. The van der Waals surface area contributed by atoms with E-state index in [1.807, 2.05) is 48.7 Å².